The molecule has 7 nitrogen and oxygen atoms in total. The predicted molar refractivity (Wildman–Crippen MR) is 107 cm³/mol. The van der Waals surface area contributed by atoms with Crippen molar-refractivity contribution in [2.75, 3.05) is 19.6 Å². The Kier molecular flexibility index (Phi) is 8.29. The molecule has 0 saturated carbocycles. The molecule has 1 aromatic carbocycles. The highest BCUT2D eigenvalue weighted by Gasteiger charge is 2.27. The highest BCUT2D eigenvalue weighted by atomic mass is 16.4. The molecular formula is C21H31N3O4. The van der Waals surface area contributed by atoms with Crippen molar-refractivity contribution >= 4 is 17.9 Å². The molecule has 0 aliphatic carbocycles. The number of rotatable bonds is 8. The van der Waals surface area contributed by atoms with E-state index < -0.39 is 12.0 Å². The molecule has 3 amide bonds. The van der Waals surface area contributed by atoms with E-state index in [2.05, 4.69) is 10.6 Å². The van der Waals surface area contributed by atoms with Crippen molar-refractivity contribution in [2.45, 2.75) is 45.6 Å². The monoisotopic (exact) mass is 389 g/mol. The molecule has 2 atom stereocenters. The van der Waals surface area contributed by atoms with Crippen LogP contribution in [0.2, 0.25) is 0 Å². The number of aliphatic carboxylic acids is 1. The Morgan fingerprint density at radius 3 is 2.57 bits per heavy atom. The van der Waals surface area contributed by atoms with E-state index in [1.54, 1.807) is 4.90 Å². The first-order chi connectivity index (χ1) is 13.3. The van der Waals surface area contributed by atoms with Crippen molar-refractivity contribution in [3.8, 4) is 0 Å². The van der Waals surface area contributed by atoms with Crippen molar-refractivity contribution in [2.24, 2.45) is 11.8 Å². The molecule has 7 heteroatoms. The third-order valence-electron chi connectivity index (χ3n) is 4.86. The van der Waals surface area contributed by atoms with E-state index in [-0.39, 0.29) is 30.7 Å². The van der Waals surface area contributed by atoms with Crippen LogP contribution in [0.4, 0.5) is 4.79 Å². The van der Waals surface area contributed by atoms with Crippen LogP contribution in [0.5, 0.6) is 0 Å². The first-order valence-corrected chi connectivity index (χ1v) is 9.94. The number of carboxylic acid groups (broad SMARTS) is 1. The number of nitrogens with one attached hydrogen (secondary N) is 2. The fraction of sp³-hybridized carbons (Fsp3) is 0.571. The maximum Gasteiger partial charge on any atom is 0.326 e. The Bertz CT molecular complexity index is 663. The molecule has 154 valence electrons. The van der Waals surface area contributed by atoms with E-state index in [0.717, 1.165) is 18.4 Å². The van der Waals surface area contributed by atoms with Crippen LogP contribution in [0.15, 0.2) is 30.3 Å². The summed E-state index contributed by atoms with van der Waals surface area (Å²) >= 11 is 0. The van der Waals surface area contributed by atoms with Crippen molar-refractivity contribution in [1.29, 1.82) is 0 Å². The van der Waals surface area contributed by atoms with Gasteiger partial charge in [0.2, 0.25) is 5.91 Å². The second-order valence-electron chi connectivity index (χ2n) is 7.89. The number of carbonyl (C=O) groups excluding carboxylic acids is 2. The SMILES string of the molecule is CC(C)CNC(=O)N1CCCC(CC(=O)NC(Cc2ccccc2)C(=O)O)C1. The summed E-state index contributed by atoms with van der Waals surface area (Å²) in [6.07, 6.45) is 2.18. The summed E-state index contributed by atoms with van der Waals surface area (Å²) in [5.41, 5.74) is 0.862. The van der Waals surface area contributed by atoms with E-state index in [1.807, 2.05) is 44.2 Å². The van der Waals surface area contributed by atoms with Crippen LogP contribution in [0, 0.1) is 11.8 Å². The molecule has 1 aliphatic rings. The van der Waals surface area contributed by atoms with Gasteiger partial charge in [0.1, 0.15) is 6.04 Å². The smallest absolute Gasteiger partial charge is 0.326 e. The molecular weight excluding hydrogens is 358 g/mol. The zero-order valence-corrected chi connectivity index (χ0v) is 16.7. The van der Waals surface area contributed by atoms with Gasteiger partial charge in [-0.05, 0) is 30.2 Å². The van der Waals surface area contributed by atoms with Crippen LogP contribution >= 0.6 is 0 Å². The third kappa shape index (κ3) is 7.21. The molecule has 2 unspecified atom stereocenters. The summed E-state index contributed by atoms with van der Waals surface area (Å²) in [5.74, 6) is -0.897. The maximum absolute atomic E-state index is 12.4. The molecule has 0 aromatic heterocycles. The van der Waals surface area contributed by atoms with Gasteiger partial charge in [-0.3, -0.25) is 4.79 Å². The van der Waals surface area contributed by atoms with Gasteiger partial charge in [0.15, 0.2) is 0 Å². The normalized spacial score (nSPS) is 17.8. The maximum atomic E-state index is 12.4. The highest BCUT2D eigenvalue weighted by Crippen LogP contribution is 2.20. The molecule has 1 saturated heterocycles. The molecule has 0 radical (unpaired) electrons. The van der Waals surface area contributed by atoms with Crippen molar-refractivity contribution in [1.82, 2.24) is 15.5 Å². The van der Waals surface area contributed by atoms with Crippen LogP contribution in [0.25, 0.3) is 0 Å². The first kappa shape index (κ1) is 21.7. The summed E-state index contributed by atoms with van der Waals surface area (Å²) in [7, 11) is 0. The van der Waals surface area contributed by atoms with Gasteiger partial charge in [-0.25, -0.2) is 9.59 Å². The number of nitrogens with zero attached hydrogens (tertiary/aromatic N) is 1. The highest BCUT2D eigenvalue weighted by molar-refractivity contribution is 5.84. The van der Waals surface area contributed by atoms with Crippen LogP contribution in [-0.2, 0) is 16.0 Å². The zero-order chi connectivity index (χ0) is 20.5. The average molecular weight is 389 g/mol. The molecule has 3 N–H and O–H groups in total. The molecule has 1 heterocycles. The summed E-state index contributed by atoms with van der Waals surface area (Å²) in [6, 6.07) is 8.20. The van der Waals surface area contributed by atoms with Gasteiger partial charge in [-0.1, -0.05) is 44.2 Å². The summed E-state index contributed by atoms with van der Waals surface area (Å²) in [4.78, 5) is 37.9. The Labute approximate surface area is 166 Å². The second-order valence-corrected chi connectivity index (χ2v) is 7.89. The predicted octanol–water partition coefficient (Wildman–Crippen LogP) is 2.27. The van der Waals surface area contributed by atoms with Gasteiger partial charge >= 0.3 is 12.0 Å². The molecule has 1 fully saturated rings. The minimum absolute atomic E-state index is 0.0460. The zero-order valence-electron chi connectivity index (χ0n) is 16.7. The lowest BCUT2D eigenvalue weighted by atomic mass is 9.94. The quantitative estimate of drug-likeness (QED) is 0.635. The van der Waals surface area contributed by atoms with Crippen molar-refractivity contribution in [3.63, 3.8) is 0 Å². The molecule has 0 spiro atoms. The third-order valence-corrected chi connectivity index (χ3v) is 4.86. The van der Waals surface area contributed by atoms with Gasteiger partial charge in [0.25, 0.3) is 0 Å². The van der Waals surface area contributed by atoms with E-state index in [4.69, 9.17) is 0 Å². The largest absolute Gasteiger partial charge is 0.480 e. The van der Waals surface area contributed by atoms with Gasteiger partial charge < -0.3 is 20.6 Å². The number of hydrogen-bond donors (Lipinski definition) is 3. The van der Waals surface area contributed by atoms with E-state index in [9.17, 15) is 19.5 Å². The van der Waals surface area contributed by atoms with Gasteiger partial charge in [0.05, 0.1) is 0 Å². The minimum atomic E-state index is -1.05. The van der Waals surface area contributed by atoms with Gasteiger partial charge in [-0.15, -0.1) is 0 Å². The lowest BCUT2D eigenvalue weighted by Gasteiger charge is -2.33. The number of likely N-dealkylation sites (tertiary alicyclic amines) is 1. The number of carboxylic acids is 1. The second kappa shape index (κ2) is 10.7. The van der Waals surface area contributed by atoms with Gasteiger partial charge in [0, 0.05) is 32.5 Å². The topological polar surface area (TPSA) is 98.7 Å². The molecule has 28 heavy (non-hydrogen) atoms. The lowest BCUT2D eigenvalue weighted by molar-refractivity contribution is -0.142. The van der Waals surface area contributed by atoms with Crippen LogP contribution in [0.1, 0.15) is 38.7 Å². The van der Waals surface area contributed by atoms with Crippen molar-refractivity contribution < 1.29 is 19.5 Å². The number of benzene rings is 1. The standard InChI is InChI=1S/C21H31N3O4/c1-15(2)13-22-21(28)24-10-6-9-17(14-24)12-19(25)23-18(20(26)27)11-16-7-4-3-5-8-16/h3-5,7-8,15,17-18H,6,9-14H2,1-2H3,(H,22,28)(H,23,25)(H,26,27). The summed E-state index contributed by atoms with van der Waals surface area (Å²) in [5, 5.41) is 15.0. The fourth-order valence-corrected chi connectivity index (χ4v) is 3.38. The molecule has 0 bridgehead atoms. The number of carbonyl (C=O) groups is 3. The number of amides is 3. The van der Waals surface area contributed by atoms with Crippen LogP contribution in [-0.4, -0.2) is 53.6 Å². The van der Waals surface area contributed by atoms with E-state index >= 15 is 0 Å². The van der Waals surface area contributed by atoms with Crippen molar-refractivity contribution in [3.05, 3.63) is 35.9 Å². The van der Waals surface area contributed by atoms with E-state index in [1.165, 1.54) is 0 Å². The first-order valence-electron chi connectivity index (χ1n) is 9.94. The summed E-state index contributed by atoms with van der Waals surface area (Å²) in [6.45, 7) is 5.91. The minimum Gasteiger partial charge on any atom is -0.480 e. The number of urea groups is 1. The fourth-order valence-electron chi connectivity index (χ4n) is 3.38. The average Bonchev–Trinajstić information content (AvgIpc) is 2.66. The molecule has 2 rings (SSSR count). The lowest BCUT2D eigenvalue weighted by Crippen LogP contribution is -2.48. The Morgan fingerprint density at radius 1 is 1.21 bits per heavy atom. The Balaban J connectivity index is 1.84. The van der Waals surface area contributed by atoms with Crippen LogP contribution in [0.3, 0.4) is 0 Å². The van der Waals surface area contributed by atoms with E-state index in [0.29, 0.717) is 25.6 Å². The Hall–Kier alpha value is -2.57. The van der Waals surface area contributed by atoms with Crippen LogP contribution < -0.4 is 10.6 Å². The number of hydrogen-bond acceptors (Lipinski definition) is 3. The van der Waals surface area contributed by atoms with Gasteiger partial charge in [-0.2, -0.15) is 0 Å². The number of piperidine rings is 1. The Morgan fingerprint density at radius 2 is 1.93 bits per heavy atom. The molecule has 1 aromatic rings. The summed E-state index contributed by atoms with van der Waals surface area (Å²) < 4.78 is 0. The molecule has 1 aliphatic heterocycles.